The van der Waals surface area contributed by atoms with Crippen molar-refractivity contribution in [1.82, 2.24) is 20.1 Å². The van der Waals surface area contributed by atoms with Crippen LogP contribution in [0, 0.1) is 5.92 Å². The molecular weight excluding hydrogens is 216 g/mol. The van der Waals surface area contributed by atoms with Gasteiger partial charge in [0.1, 0.15) is 5.82 Å². The molecular formula is C12H22N4O. The fraction of sp³-hybridized carbons (Fsp3) is 0.750. The van der Waals surface area contributed by atoms with Gasteiger partial charge >= 0.3 is 0 Å². The van der Waals surface area contributed by atoms with Crippen LogP contribution in [0.2, 0.25) is 0 Å². The third-order valence-electron chi connectivity index (χ3n) is 2.46. The normalized spacial score (nSPS) is 10.9. The molecule has 1 heterocycles. The molecule has 5 nitrogen and oxygen atoms in total. The monoisotopic (exact) mass is 238 g/mol. The number of rotatable bonds is 6. The lowest BCUT2D eigenvalue weighted by Gasteiger charge is -2.21. The highest BCUT2D eigenvalue weighted by molar-refractivity contribution is 5.90. The largest absolute Gasteiger partial charge is 0.336 e. The summed E-state index contributed by atoms with van der Waals surface area (Å²) in [4.78, 5) is 18.1. The highest BCUT2D eigenvalue weighted by Crippen LogP contribution is 2.04. The third-order valence-corrected chi connectivity index (χ3v) is 2.46. The molecule has 0 radical (unpaired) electrons. The smallest absolute Gasteiger partial charge is 0.293 e. The van der Waals surface area contributed by atoms with Crippen LogP contribution in [0.5, 0.6) is 0 Å². The van der Waals surface area contributed by atoms with Crippen LogP contribution in [0.3, 0.4) is 0 Å². The maximum absolute atomic E-state index is 12.1. The molecule has 0 atom stereocenters. The van der Waals surface area contributed by atoms with Crippen molar-refractivity contribution in [2.24, 2.45) is 5.92 Å². The van der Waals surface area contributed by atoms with Crippen molar-refractivity contribution >= 4 is 5.91 Å². The summed E-state index contributed by atoms with van der Waals surface area (Å²) in [6.45, 7) is 9.66. The first-order valence-electron chi connectivity index (χ1n) is 6.29. The van der Waals surface area contributed by atoms with E-state index in [1.807, 2.05) is 6.92 Å². The first kappa shape index (κ1) is 13.7. The second-order valence-electron chi connectivity index (χ2n) is 4.59. The van der Waals surface area contributed by atoms with E-state index in [2.05, 4.69) is 36.0 Å². The predicted octanol–water partition coefficient (Wildman–Crippen LogP) is 1.88. The SMILES string of the molecule is CCCc1nc(C(=O)N(CC)CC(C)C)n[nH]1. The number of nitrogens with one attached hydrogen (secondary N) is 1. The number of hydrogen-bond acceptors (Lipinski definition) is 3. The minimum Gasteiger partial charge on any atom is -0.336 e. The van der Waals surface area contributed by atoms with E-state index in [0.29, 0.717) is 12.5 Å². The summed E-state index contributed by atoms with van der Waals surface area (Å²) in [5.74, 6) is 1.44. The zero-order chi connectivity index (χ0) is 12.8. The highest BCUT2D eigenvalue weighted by atomic mass is 16.2. The number of carbonyl (C=O) groups excluding carboxylic acids is 1. The van der Waals surface area contributed by atoms with E-state index >= 15 is 0 Å². The molecule has 0 spiro atoms. The summed E-state index contributed by atoms with van der Waals surface area (Å²) < 4.78 is 0. The third kappa shape index (κ3) is 3.84. The van der Waals surface area contributed by atoms with Crippen molar-refractivity contribution in [3.63, 3.8) is 0 Å². The van der Waals surface area contributed by atoms with E-state index in [1.165, 1.54) is 0 Å². The fourth-order valence-electron chi connectivity index (χ4n) is 1.68. The maximum atomic E-state index is 12.1. The number of nitrogens with zero attached hydrogens (tertiary/aromatic N) is 3. The van der Waals surface area contributed by atoms with E-state index < -0.39 is 0 Å². The molecule has 0 saturated carbocycles. The van der Waals surface area contributed by atoms with Gasteiger partial charge < -0.3 is 4.90 Å². The van der Waals surface area contributed by atoms with Crippen molar-refractivity contribution < 1.29 is 4.79 Å². The van der Waals surface area contributed by atoms with E-state index in [0.717, 1.165) is 25.2 Å². The highest BCUT2D eigenvalue weighted by Gasteiger charge is 2.19. The number of aromatic nitrogens is 3. The number of aryl methyl sites for hydroxylation is 1. The fourth-order valence-corrected chi connectivity index (χ4v) is 1.68. The average molecular weight is 238 g/mol. The van der Waals surface area contributed by atoms with Gasteiger partial charge in [-0.1, -0.05) is 20.8 Å². The van der Waals surface area contributed by atoms with Crippen LogP contribution >= 0.6 is 0 Å². The topological polar surface area (TPSA) is 61.9 Å². The molecule has 0 aliphatic rings. The maximum Gasteiger partial charge on any atom is 0.293 e. The molecule has 1 N–H and O–H groups in total. The van der Waals surface area contributed by atoms with E-state index in [1.54, 1.807) is 4.90 Å². The van der Waals surface area contributed by atoms with Crippen LogP contribution in [-0.2, 0) is 6.42 Å². The molecule has 0 aromatic carbocycles. The van der Waals surface area contributed by atoms with Gasteiger partial charge in [-0.15, -0.1) is 5.10 Å². The lowest BCUT2D eigenvalue weighted by Crippen LogP contribution is -2.34. The minimum absolute atomic E-state index is 0.0835. The van der Waals surface area contributed by atoms with E-state index in [-0.39, 0.29) is 11.7 Å². The summed E-state index contributed by atoms with van der Waals surface area (Å²) in [6, 6.07) is 0. The van der Waals surface area contributed by atoms with Crippen LogP contribution in [0.25, 0.3) is 0 Å². The van der Waals surface area contributed by atoms with Crippen molar-refractivity contribution in [3.05, 3.63) is 11.6 Å². The van der Waals surface area contributed by atoms with Gasteiger partial charge in [0.05, 0.1) is 0 Å². The Morgan fingerprint density at radius 3 is 2.65 bits per heavy atom. The second kappa shape index (κ2) is 6.37. The van der Waals surface area contributed by atoms with Crippen molar-refractivity contribution in [1.29, 1.82) is 0 Å². The summed E-state index contributed by atoms with van der Waals surface area (Å²) in [7, 11) is 0. The Morgan fingerprint density at radius 2 is 2.12 bits per heavy atom. The van der Waals surface area contributed by atoms with E-state index in [9.17, 15) is 4.79 Å². The average Bonchev–Trinajstić information content (AvgIpc) is 2.74. The van der Waals surface area contributed by atoms with Crippen molar-refractivity contribution in [2.45, 2.75) is 40.5 Å². The van der Waals surface area contributed by atoms with Gasteiger partial charge in [0, 0.05) is 19.5 Å². The zero-order valence-electron chi connectivity index (χ0n) is 11.2. The quantitative estimate of drug-likeness (QED) is 0.823. The van der Waals surface area contributed by atoms with E-state index in [4.69, 9.17) is 0 Å². The number of amides is 1. The summed E-state index contributed by atoms with van der Waals surface area (Å²) in [6.07, 6.45) is 1.82. The van der Waals surface area contributed by atoms with Gasteiger partial charge in [0.2, 0.25) is 5.82 Å². The summed E-state index contributed by atoms with van der Waals surface area (Å²) >= 11 is 0. The first-order chi connectivity index (χ1) is 8.08. The van der Waals surface area contributed by atoms with Crippen LogP contribution in [-0.4, -0.2) is 39.1 Å². The zero-order valence-corrected chi connectivity index (χ0v) is 11.2. The van der Waals surface area contributed by atoms with Crippen LogP contribution < -0.4 is 0 Å². The summed E-state index contributed by atoms with van der Waals surface area (Å²) in [5.41, 5.74) is 0. The molecule has 0 unspecified atom stereocenters. The van der Waals surface area contributed by atoms with Crippen molar-refractivity contribution in [2.75, 3.05) is 13.1 Å². The molecule has 17 heavy (non-hydrogen) atoms. The predicted molar refractivity (Wildman–Crippen MR) is 66.8 cm³/mol. The molecule has 0 saturated heterocycles. The van der Waals surface area contributed by atoms with Gasteiger partial charge in [0.25, 0.3) is 5.91 Å². The lowest BCUT2D eigenvalue weighted by atomic mass is 10.2. The molecule has 1 aromatic rings. The lowest BCUT2D eigenvalue weighted by molar-refractivity contribution is 0.0734. The molecule has 0 aliphatic heterocycles. The standard InChI is InChI=1S/C12H22N4O/c1-5-7-10-13-11(15-14-10)12(17)16(6-2)8-9(3)4/h9H,5-8H2,1-4H3,(H,13,14,15). The molecule has 96 valence electrons. The minimum atomic E-state index is -0.0835. The Hall–Kier alpha value is -1.39. The van der Waals surface area contributed by atoms with Crippen molar-refractivity contribution in [3.8, 4) is 0 Å². The second-order valence-corrected chi connectivity index (χ2v) is 4.59. The first-order valence-corrected chi connectivity index (χ1v) is 6.29. The van der Waals surface area contributed by atoms with Crippen LogP contribution in [0.15, 0.2) is 0 Å². The summed E-state index contributed by atoms with van der Waals surface area (Å²) in [5, 5.41) is 6.79. The molecule has 5 heteroatoms. The van der Waals surface area contributed by atoms with Gasteiger partial charge in [-0.3, -0.25) is 9.89 Å². The molecule has 1 amide bonds. The Labute approximate surface area is 103 Å². The molecule has 1 rings (SSSR count). The van der Waals surface area contributed by atoms with Crippen LogP contribution in [0.4, 0.5) is 0 Å². The van der Waals surface area contributed by atoms with Gasteiger partial charge in [-0.05, 0) is 19.3 Å². The Balaban J connectivity index is 2.71. The molecule has 0 bridgehead atoms. The number of aromatic amines is 1. The van der Waals surface area contributed by atoms with Crippen LogP contribution in [0.1, 0.15) is 50.6 Å². The molecule has 1 aromatic heterocycles. The van der Waals surface area contributed by atoms with Gasteiger partial charge in [0.15, 0.2) is 0 Å². The Bertz CT molecular complexity index is 359. The molecule has 0 fully saturated rings. The van der Waals surface area contributed by atoms with Gasteiger partial charge in [-0.25, -0.2) is 4.98 Å². The van der Waals surface area contributed by atoms with Gasteiger partial charge in [-0.2, -0.15) is 0 Å². The Morgan fingerprint density at radius 1 is 1.41 bits per heavy atom. The number of H-pyrrole nitrogens is 1. The molecule has 0 aliphatic carbocycles. The Kier molecular flexibility index (Phi) is 5.12. The number of hydrogen-bond donors (Lipinski definition) is 1. The number of carbonyl (C=O) groups is 1.